The van der Waals surface area contributed by atoms with Crippen LogP contribution in [-0.4, -0.2) is 11.2 Å². The second-order valence-electron chi connectivity index (χ2n) is 3.60. The second kappa shape index (κ2) is 5.29. The highest BCUT2D eigenvalue weighted by atomic mass is 35.5. The number of amides is 1. The van der Waals surface area contributed by atoms with Crippen LogP contribution in [0.15, 0.2) is 42.5 Å². The summed E-state index contributed by atoms with van der Waals surface area (Å²) in [6.45, 7) is 0. The summed E-state index contributed by atoms with van der Waals surface area (Å²) in [5, 5.41) is 12.0. The molecule has 0 saturated carbocycles. The van der Waals surface area contributed by atoms with Crippen LogP contribution in [0.3, 0.4) is 0 Å². The van der Waals surface area contributed by atoms with Gasteiger partial charge in [0.05, 0.1) is 15.7 Å². The highest BCUT2D eigenvalue weighted by Crippen LogP contribution is 2.32. The second-order valence-corrected chi connectivity index (χ2v) is 4.42. The smallest absolute Gasteiger partial charge is 0.409 e. The van der Waals surface area contributed by atoms with Gasteiger partial charge in [-0.1, -0.05) is 47.5 Å². The van der Waals surface area contributed by atoms with Crippen molar-refractivity contribution in [3.05, 3.63) is 52.5 Å². The first kappa shape index (κ1) is 12.7. The molecule has 3 nitrogen and oxygen atoms in total. The molecule has 0 aliphatic carbocycles. The largest absolute Gasteiger partial charge is 0.465 e. The molecule has 0 spiro atoms. The number of anilines is 1. The Kier molecular flexibility index (Phi) is 3.75. The summed E-state index contributed by atoms with van der Waals surface area (Å²) in [5.41, 5.74) is 2.05. The van der Waals surface area contributed by atoms with Crippen LogP contribution >= 0.6 is 23.2 Å². The molecule has 2 aromatic carbocycles. The van der Waals surface area contributed by atoms with E-state index in [1.165, 1.54) is 0 Å². The molecule has 5 heteroatoms. The molecule has 2 aromatic rings. The summed E-state index contributed by atoms with van der Waals surface area (Å²) < 4.78 is 0. The average molecular weight is 282 g/mol. The summed E-state index contributed by atoms with van der Waals surface area (Å²) in [6.07, 6.45) is -1.11. The summed E-state index contributed by atoms with van der Waals surface area (Å²) in [5.74, 6) is 0. The lowest BCUT2D eigenvalue weighted by Crippen LogP contribution is -2.08. The van der Waals surface area contributed by atoms with Crippen LogP contribution in [0.5, 0.6) is 0 Å². The minimum Gasteiger partial charge on any atom is -0.465 e. The van der Waals surface area contributed by atoms with Gasteiger partial charge in [-0.05, 0) is 23.8 Å². The van der Waals surface area contributed by atoms with E-state index in [-0.39, 0.29) is 0 Å². The van der Waals surface area contributed by atoms with Gasteiger partial charge in [-0.15, -0.1) is 0 Å². The molecular weight excluding hydrogens is 273 g/mol. The number of rotatable bonds is 2. The predicted octanol–water partition coefficient (Wildman–Crippen LogP) is 4.75. The van der Waals surface area contributed by atoms with E-state index < -0.39 is 6.09 Å². The fraction of sp³-hybridized carbons (Fsp3) is 0. The van der Waals surface area contributed by atoms with E-state index in [4.69, 9.17) is 28.3 Å². The number of benzene rings is 2. The Morgan fingerprint density at radius 2 is 1.78 bits per heavy atom. The van der Waals surface area contributed by atoms with Gasteiger partial charge < -0.3 is 5.11 Å². The van der Waals surface area contributed by atoms with Crippen molar-refractivity contribution in [2.45, 2.75) is 0 Å². The van der Waals surface area contributed by atoms with Crippen molar-refractivity contribution >= 4 is 35.0 Å². The summed E-state index contributed by atoms with van der Waals surface area (Å²) in [7, 11) is 0. The SMILES string of the molecule is O=C(O)Nc1ccccc1-c1ccc(Cl)c(Cl)c1. The van der Waals surface area contributed by atoms with Crippen LogP contribution in [-0.2, 0) is 0 Å². The third-order valence-corrected chi connectivity index (χ3v) is 3.14. The highest BCUT2D eigenvalue weighted by Gasteiger charge is 2.08. The lowest BCUT2D eigenvalue weighted by Gasteiger charge is -2.09. The number of carbonyl (C=O) groups is 1. The van der Waals surface area contributed by atoms with Gasteiger partial charge in [-0.3, -0.25) is 5.32 Å². The maximum absolute atomic E-state index is 10.7. The molecule has 0 bridgehead atoms. The first-order chi connectivity index (χ1) is 8.58. The molecule has 0 heterocycles. The Bertz CT molecular complexity index is 599. The quantitative estimate of drug-likeness (QED) is 0.835. The van der Waals surface area contributed by atoms with E-state index in [1.54, 1.807) is 30.3 Å². The van der Waals surface area contributed by atoms with Gasteiger partial charge in [0.1, 0.15) is 0 Å². The van der Waals surface area contributed by atoms with Gasteiger partial charge >= 0.3 is 6.09 Å². The Balaban J connectivity index is 2.49. The van der Waals surface area contributed by atoms with Crippen LogP contribution < -0.4 is 5.32 Å². The maximum Gasteiger partial charge on any atom is 0.409 e. The lowest BCUT2D eigenvalue weighted by molar-refractivity contribution is 0.210. The van der Waals surface area contributed by atoms with E-state index in [0.717, 1.165) is 11.1 Å². The molecule has 2 rings (SSSR count). The molecular formula is C13H9Cl2NO2. The molecule has 1 amide bonds. The molecule has 0 fully saturated rings. The van der Waals surface area contributed by atoms with Crippen molar-refractivity contribution in [2.75, 3.05) is 5.32 Å². The molecule has 0 atom stereocenters. The predicted molar refractivity (Wildman–Crippen MR) is 73.5 cm³/mol. The van der Waals surface area contributed by atoms with Crippen molar-refractivity contribution in [3.63, 3.8) is 0 Å². The van der Waals surface area contributed by atoms with Crippen LogP contribution in [0.2, 0.25) is 10.0 Å². The van der Waals surface area contributed by atoms with Crippen molar-refractivity contribution in [2.24, 2.45) is 0 Å². The monoisotopic (exact) mass is 281 g/mol. The van der Waals surface area contributed by atoms with E-state index in [9.17, 15) is 4.79 Å². The van der Waals surface area contributed by atoms with Crippen molar-refractivity contribution < 1.29 is 9.90 Å². The molecule has 0 saturated heterocycles. The molecule has 92 valence electrons. The number of halogens is 2. The third kappa shape index (κ3) is 2.75. The Morgan fingerprint density at radius 1 is 1.06 bits per heavy atom. The van der Waals surface area contributed by atoms with Gasteiger partial charge in [0.25, 0.3) is 0 Å². The third-order valence-electron chi connectivity index (χ3n) is 2.40. The normalized spacial score (nSPS) is 10.1. The highest BCUT2D eigenvalue weighted by molar-refractivity contribution is 6.42. The molecule has 2 N–H and O–H groups in total. The summed E-state index contributed by atoms with van der Waals surface area (Å²) in [6, 6.07) is 12.2. The summed E-state index contributed by atoms with van der Waals surface area (Å²) in [4.78, 5) is 10.7. The number of carboxylic acid groups (broad SMARTS) is 1. The fourth-order valence-corrected chi connectivity index (χ4v) is 1.92. The average Bonchev–Trinajstić information content (AvgIpc) is 2.33. The van der Waals surface area contributed by atoms with E-state index >= 15 is 0 Å². The number of hydrogen-bond acceptors (Lipinski definition) is 1. The number of nitrogens with one attached hydrogen (secondary N) is 1. The first-order valence-electron chi connectivity index (χ1n) is 5.12. The van der Waals surface area contributed by atoms with Gasteiger partial charge in [0.2, 0.25) is 0 Å². The maximum atomic E-state index is 10.7. The number of hydrogen-bond donors (Lipinski definition) is 2. The molecule has 0 aliphatic rings. The van der Waals surface area contributed by atoms with Crippen LogP contribution in [0.25, 0.3) is 11.1 Å². The summed E-state index contributed by atoms with van der Waals surface area (Å²) >= 11 is 11.8. The molecule has 0 unspecified atom stereocenters. The lowest BCUT2D eigenvalue weighted by atomic mass is 10.0. The van der Waals surface area contributed by atoms with Crippen LogP contribution in [0.4, 0.5) is 10.5 Å². The zero-order chi connectivity index (χ0) is 13.1. The van der Waals surface area contributed by atoms with Crippen molar-refractivity contribution in [1.82, 2.24) is 0 Å². The van der Waals surface area contributed by atoms with Gasteiger partial charge in [0, 0.05) is 5.56 Å². The van der Waals surface area contributed by atoms with Crippen molar-refractivity contribution in [3.8, 4) is 11.1 Å². The van der Waals surface area contributed by atoms with E-state index in [2.05, 4.69) is 5.32 Å². The first-order valence-corrected chi connectivity index (χ1v) is 5.88. The molecule has 0 aromatic heterocycles. The van der Waals surface area contributed by atoms with Gasteiger partial charge in [-0.25, -0.2) is 4.79 Å². The zero-order valence-corrected chi connectivity index (χ0v) is 10.7. The van der Waals surface area contributed by atoms with Crippen molar-refractivity contribution in [1.29, 1.82) is 0 Å². The van der Waals surface area contributed by atoms with E-state index in [1.807, 2.05) is 12.1 Å². The molecule has 0 radical (unpaired) electrons. The molecule has 18 heavy (non-hydrogen) atoms. The molecule has 0 aliphatic heterocycles. The fourth-order valence-electron chi connectivity index (χ4n) is 1.62. The Hall–Kier alpha value is -1.71. The minimum atomic E-state index is -1.11. The van der Waals surface area contributed by atoms with Crippen LogP contribution in [0.1, 0.15) is 0 Å². The minimum absolute atomic E-state index is 0.430. The number of para-hydroxylation sites is 1. The van der Waals surface area contributed by atoms with E-state index in [0.29, 0.717) is 15.7 Å². The topological polar surface area (TPSA) is 49.3 Å². The van der Waals surface area contributed by atoms with Gasteiger partial charge in [-0.2, -0.15) is 0 Å². The Morgan fingerprint density at radius 3 is 2.44 bits per heavy atom. The van der Waals surface area contributed by atoms with Gasteiger partial charge in [0.15, 0.2) is 0 Å². The zero-order valence-electron chi connectivity index (χ0n) is 9.15. The Labute approximate surface area is 114 Å². The van der Waals surface area contributed by atoms with Crippen LogP contribution in [0, 0.1) is 0 Å². The standard InChI is InChI=1S/C13H9Cl2NO2/c14-10-6-5-8(7-11(10)15)9-3-1-2-4-12(9)16-13(17)18/h1-7,16H,(H,17,18).